The molecule has 0 saturated heterocycles. The summed E-state index contributed by atoms with van der Waals surface area (Å²) in [5.74, 6) is -11.5. The average molecular weight is 306 g/mol. The Morgan fingerprint density at radius 3 is 1.79 bits per heavy atom. The van der Waals surface area contributed by atoms with Gasteiger partial charge >= 0.3 is 5.97 Å². The van der Waals surface area contributed by atoms with Crippen molar-refractivity contribution in [3.8, 4) is 0 Å². The number of halogens is 6. The fourth-order valence-electron chi connectivity index (χ4n) is 1.31. The molecule has 2 N–H and O–H groups in total. The van der Waals surface area contributed by atoms with E-state index in [1.165, 1.54) is 0 Å². The predicted octanol–water partition coefficient (Wildman–Crippen LogP) is 2.37. The molecule has 9 heteroatoms. The second kappa shape index (κ2) is 6.67. The van der Waals surface area contributed by atoms with Crippen molar-refractivity contribution in [2.45, 2.75) is 12.5 Å². The summed E-state index contributed by atoms with van der Waals surface area (Å²) in [7, 11) is 0.994. The summed E-state index contributed by atoms with van der Waals surface area (Å²) >= 11 is 0. The fraction of sp³-hybridized carbons (Fsp3) is 0.300. The number of methoxy groups -OCH3 is 1. The van der Waals surface area contributed by atoms with Gasteiger partial charge in [0.25, 0.3) is 0 Å². The Kier molecular flexibility index (Phi) is 6.17. The van der Waals surface area contributed by atoms with Crippen molar-refractivity contribution in [1.82, 2.24) is 0 Å². The van der Waals surface area contributed by atoms with Gasteiger partial charge in [-0.15, -0.1) is 12.4 Å². The third-order valence-electron chi connectivity index (χ3n) is 2.23. The van der Waals surface area contributed by atoms with Crippen molar-refractivity contribution in [3.05, 3.63) is 34.6 Å². The minimum absolute atomic E-state index is 0. The van der Waals surface area contributed by atoms with E-state index in [9.17, 15) is 26.7 Å². The van der Waals surface area contributed by atoms with Gasteiger partial charge in [-0.1, -0.05) is 0 Å². The van der Waals surface area contributed by atoms with E-state index in [1.807, 2.05) is 0 Å². The van der Waals surface area contributed by atoms with Crippen LogP contribution in [0.25, 0.3) is 0 Å². The molecule has 3 nitrogen and oxygen atoms in total. The van der Waals surface area contributed by atoms with E-state index in [4.69, 9.17) is 5.73 Å². The number of rotatable bonds is 3. The van der Waals surface area contributed by atoms with Crippen LogP contribution in [0.3, 0.4) is 0 Å². The maximum absolute atomic E-state index is 13.3. The summed E-state index contributed by atoms with van der Waals surface area (Å²) in [6, 6.07) is -1.69. The largest absolute Gasteiger partial charge is 0.469 e. The second-order valence-corrected chi connectivity index (χ2v) is 3.37. The molecule has 0 fully saturated rings. The SMILES string of the molecule is COC(=O)C[C@H](N)c1c(F)c(F)c(F)c(F)c1F.Cl. The van der Waals surface area contributed by atoms with E-state index in [1.54, 1.807) is 0 Å². The first-order valence-corrected chi connectivity index (χ1v) is 4.65. The Hall–Kier alpha value is -1.41. The molecule has 19 heavy (non-hydrogen) atoms. The summed E-state index contributed by atoms with van der Waals surface area (Å²) in [6.45, 7) is 0. The third kappa shape index (κ3) is 3.32. The standard InChI is InChI=1S/C10H8F5NO2.ClH/c1-18-4(17)2-3(16)5-6(11)8(13)10(15)9(14)7(5)12;/h3H,2,16H2,1H3;1H/t3-;/m0./s1. The zero-order chi connectivity index (χ0) is 14.0. The van der Waals surface area contributed by atoms with E-state index in [0.29, 0.717) is 0 Å². The molecule has 0 heterocycles. The van der Waals surface area contributed by atoms with Gasteiger partial charge in [0, 0.05) is 11.6 Å². The summed E-state index contributed by atoms with van der Waals surface area (Å²) in [4.78, 5) is 10.8. The molecule has 1 rings (SSSR count). The topological polar surface area (TPSA) is 52.3 Å². The Morgan fingerprint density at radius 2 is 1.42 bits per heavy atom. The lowest BCUT2D eigenvalue weighted by Gasteiger charge is -2.14. The highest BCUT2D eigenvalue weighted by atomic mass is 35.5. The van der Waals surface area contributed by atoms with Crippen molar-refractivity contribution in [2.75, 3.05) is 7.11 Å². The maximum Gasteiger partial charge on any atom is 0.307 e. The van der Waals surface area contributed by atoms with Crippen LogP contribution in [0.5, 0.6) is 0 Å². The highest BCUT2D eigenvalue weighted by Gasteiger charge is 2.29. The summed E-state index contributed by atoms with van der Waals surface area (Å²) in [5, 5.41) is 0. The minimum Gasteiger partial charge on any atom is -0.469 e. The van der Waals surface area contributed by atoms with Gasteiger partial charge in [0.1, 0.15) is 0 Å². The molecule has 0 radical (unpaired) electrons. The van der Waals surface area contributed by atoms with E-state index in [0.717, 1.165) is 7.11 Å². The van der Waals surface area contributed by atoms with Crippen LogP contribution in [-0.4, -0.2) is 13.1 Å². The molecule has 0 aliphatic rings. The number of carbonyl (C=O) groups excluding carboxylic acids is 1. The van der Waals surface area contributed by atoms with Crippen LogP contribution in [0.15, 0.2) is 0 Å². The number of nitrogens with two attached hydrogens (primary N) is 1. The van der Waals surface area contributed by atoms with Crippen molar-refractivity contribution in [1.29, 1.82) is 0 Å². The quantitative estimate of drug-likeness (QED) is 0.404. The Bertz CT molecular complexity index is 468. The second-order valence-electron chi connectivity index (χ2n) is 3.37. The van der Waals surface area contributed by atoms with Gasteiger partial charge in [0.2, 0.25) is 5.82 Å². The van der Waals surface area contributed by atoms with Crippen LogP contribution in [-0.2, 0) is 9.53 Å². The Labute approximate surface area is 110 Å². The molecule has 0 bridgehead atoms. The molecular weight excluding hydrogens is 297 g/mol. The number of carbonyl (C=O) groups is 1. The molecule has 0 spiro atoms. The monoisotopic (exact) mass is 305 g/mol. The highest BCUT2D eigenvalue weighted by Crippen LogP contribution is 2.28. The first kappa shape index (κ1) is 17.6. The highest BCUT2D eigenvalue weighted by molar-refractivity contribution is 5.85. The number of esters is 1. The Morgan fingerprint density at radius 1 is 1.05 bits per heavy atom. The lowest BCUT2D eigenvalue weighted by Crippen LogP contribution is -2.21. The summed E-state index contributed by atoms with van der Waals surface area (Å²) < 4.78 is 69.1. The summed E-state index contributed by atoms with van der Waals surface area (Å²) in [6.07, 6.45) is -0.713. The minimum atomic E-state index is -2.28. The van der Waals surface area contributed by atoms with Gasteiger partial charge in [-0.25, -0.2) is 22.0 Å². The van der Waals surface area contributed by atoms with Crippen LogP contribution >= 0.6 is 12.4 Å². The lowest BCUT2D eigenvalue weighted by atomic mass is 10.0. The lowest BCUT2D eigenvalue weighted by molar-refractivity contribution is -0.141. The molecule has 1 aromatic rings. The molecule has 0 amide bonds. The van der Waals surface area contributed by atoms with Crippen molar-refractivity contribution >= 4 is 18.4 Å². The number of ether oxygens (including phenoxy) is 1. The normalized spacial score (nSPS) is 11.7. The van der Waals surface area contributed by atoms with Crippen LogP contribution in [0.4, 0.5) is 22.0 Å². The van der Waals surface area contributed by atoms with E-state index in [-0.39, 0.29) is 12.4 Å². The molecule has 0 aliphatic carbocycles. The van der Waals surface area contributed by atoms with Crippen molar-refractivity contribution < 1.29 is 31.5 Å². The molecule has 0 unspecified atom stereocenters. The zero-order valence-corrected chi connectivity index (χ0v) is 10.3. The van der Waals surface area contributed by atoms with E-state index in [2.05, 4.69) is 4.74 Å². The zero-order valence-electron chi connectivity index (χ0n) is 9.48. The first-order chi connectivity index (χ1) is 8.31. The van der Waals surface area contributed by atoms with Crippen LogP contribution in [0.1, 0.15) is 18.0 Å². The van der Waals surface area contributed by atoms with Gasteiger partial charge in [-0.2, -0.15) is 0 Å². The first-order valence-electron chi connectivity index (χ1n) is 4.65. The van der Waals surface area contributed by atoms with E-state index >= 15 is 0 Å². The predicted molar refractivity (Wildman–Crippen MR) is 57.0 cm³/mol. The van der Waals surface area contributed by atoms with E-state index < -0.39 is 53.1 Å². The van der Waals surface area contributed by atoms with Crippen LogP contribution < -0.4 is 5.73 Å². The molecule has 0 aliphatic heterocycles. The smallest absolute Gasteiger partial charge is 0.307 e. The number of hydrogen-bond donors (Lipinski definition) is 1. The van der Waals surface area contributed by atoms with Crippen LogP contribution in [0.2, 0.25) is 0 Å². The van der Waals surface area contributed by atoms with Gasteiger partial charge in [-0.3, -0.25) is 4.79 Å². The van der Waals surface area contributed by atoms with Crippen LogP contribution in [0, 0.1) is 29.1 Å². The van der Waals surface area contributed by atoms with Crippen molar-refractivity contribution in [3.63, 3.8) is 0 Å². The number of hydrogen-bond acceptors (Lipinski definition) is 3. The molecule has 0 saturated carbocycles. The maximum atomic E-state index is 13.3. The Balaban J connectivity index is 0.00000324. The van der Waals surface area contributed by atoms with Gasteiger partial charge in [0.05, 0.1) is 13.5 Å². The number of benzene rings is 1. The van der Waals surface area contributed by atoms with Gasteiger partial charge < -0.3 is 10.5 Å². The van der Waals surface area contributed by atoms with Crippen molar-refractivity contribution in [2.24, 2.45) is 5.73 Å². The average Bonchev–Trinajstić information content (AvgIpc) is 2.34. The summed E-state index contributed by atoms with van der Waals surface area (Å²) in [5.41, 5.74) is 3.99. The molecule has 0 aromatic heterocycles. The fourth-order valence-corrected chi connectivity index (χ4v) is 1.31. The molecule has 1 aromatic carbocycles. The van der Waals surface area contributed by atoms with Gasteiger partial charge in [-0.05, 0) is 0 Å². The third-order valence-corrected chi connectivity index (χ3v) is 2.23. The molecular formula is C10H9ClF5NO2. The molecule has 1 atom stereocenters. The molecule has 108 valence electrons. The van der Waals surface area contributed by atoms with Gasteiger partial charge in [0.15, 0.2) is 23.3 Å².